The molecular formula is C19H23N7O2. The number of fused-ring (bicyclic) bond motifs is 1. The van der Waals surface area contributed by atoms with E-state index in [1.54, 1.807) is 18.0 Å². The predicted octanol–water partition coefficient (Wildman–Crippen LogP) is 0.571. The number of aromatic nitrogens is 4. The normalized spacial score (nSPS) is 15.0. The summed E-state index contributed by atoms with van der Waals surface area (Å²) in [4.78, 5) is 16.6. The van der Waals surface area contributed by atoms with Crippen molar-refractivity contribution in [2.24, 2.45) is 0 Å². The topological polar surface area (TPSA) is 87.9 Å². The van der Waals surface area contributed by atoms with Gasteiger partial charge in [-0.15, -0.1) is 15.3 Å². The second kappa shape index (κ2) is 8.22. The molecule has 1 amide bonds. The number of rotatable bonds is 6. The third-order valence-corrected chi connectivity index (χ3v) is 4.86. The van der Waals surface area contributed by atoms with E-state index in [0.29, 0.717) is 13.1 Å². The van der Waals surface area contributed by atoms with Gasteiger partial charge in [-0.3, -0.25) is 9.69 Å². The molecule has 9 heteroatoms. The van der Waals surface area contributed by atoms with Crippen molar-refractivity contribution in [3.05, 3.63) is 48.3 Å². The lowest BCUT2D eigenvalue weighted by atomic mass is 10.2. The molecule has 0 spiro atoms. The predicted molar refractivity (Wildman–Crippen MR) is 104 cm³/mol. The molecule has 0 saturated carbocycles. The molecule has 1 aliphatic rings. The number of anilines is 1. The Morgan fingerprint density at radius 3 is 2.64 bits per heavy atom. The highest BCUT2D eigenvalue weighted by atomic mass is 16.5. The number of piperazine rings is 1. The summed E-state index contributed by atoms with van der Waals surface area (Å²) < 4.78 is 6.82. The van der Waals surface area contributed by atoms with Crippen LogP contribution in [0.2, 0.25) is 0 Å². The van der Waals surface area contributed by atoms with E-state index >= 15 is 0 Å². The number of nitrogens with one attached hydrogen (secondary N) is 1. The lowest BCUT2D eigenvalue weighted by Crippen LogP contribution is -2.49. The van der Waals surface area contributed by atoms with E-state index in [-0.39, 0.29) is 5.91 Å². The van der Waals surface area contributed by atoms with Crippen molar-refractivity contribution in [2.75, 3.05) is 44.7 Å². The molecule has 0 aliphatic carbocycles. The van der Waals surface area contributed by atoms with Crippen molar-refractivity contribution in [3.63, 3.8) is 0 Å². The maximum absolute atomic E-state index is 12.3. The Morgan fingerprint density at radius 1 is 1.11 bits per heavy atom. The van der Waals surface area contributed by atoms with Crippen LogP contribution >= 0.6 is 0 Å². The Kier molecular flexibility index (Phi) is 5.34. The summed E-state index contributed by atoms with van der Waals surface area (Å²) in [5, 5.41) is 15.3. The van der Waals surface area contributed by atoms with Crippen molar-refractivity contribution in [1.29, 1.82) is 0 Å². The maximum Gasteiger partial charge on any atom is 0.234 e. The van der Waals surface area contributed by atoms with Crippen LogP contribution in [0, 0.1) is 0 Å². The summed E-state index contributed by atoms with van der Waals surface area (Å²) in [5.41, 5.74) is 1.78. The second-order valence-electron chi connectivity index (χ2n) is 6.71. The fourth-order valence-electron chi connectivity index (χ4n) is 3.23. The zero-order chi connectivity index (χ0) is 19.3. The van der Waals surface area contributed by atoms with E-state index in [1.165, 1.54) is 0 Å². The van der Waals surface area contributed by atoms with Crippen molar-refractivity contribution >= 4 is 17.4 Å². The molecule has 0 unspecified atom stereocenters. The molecule has 1 saturated heterocycles. The summed E-state index contributed by atoms with van der Waals surface area (Å²) in [5.74, 6) is 1.75. The van der Waals surface area contributed by atoms with Gasteiger partial charge < -0.3 is 15.0 Å². The van der Waals surface area contributed by atoms with Crippen LogP contribution in [-0.2, 0) is 11.3 Å². The maximum atomic E-state index is 12.3. The van der Waals surface area contributed by atoms with Gasteiger partial charge in [-0.1, -0.05) is 12.1 Å². The first-order valence-electron chi connectivity index (χ1n) is 9.25. The molecular weight excluding hydrogens is 358 g/mol. The average Bonchev–Trinajstić information content (AvgIpc) is 3.21. The summed E-state index contributed by atoms with van der Waals surface area (Å²) in [6.45, 7) is 4.21. The molecule has 3 heterocycles. The largest absolute Gasteiger partial charge is 0.497 e. The molecule has 3 aromatic rings. The molecule has 1 fully saturated rings. The van der Waals surface area contributed by atoms with E-state index in [0.717, 1.165) is 49.0 Å². The Hall–Kier alpha value is -3.20. The quantitative estimate of drug-likeness (QED) is 0.668. The third-order valence-electron chi connectivity index (χ3n) is 4.86. The molecule has 146 valence electrons. The highest BCUT2D eigenvalue weighted by Gasteiger charge is 2.20. The first kappa shape index (κ1) is 18.2. The van der Waals surface area contributed by atoms with Crippen molar-refractivity contribution in [3.8, 4) is 5.75 Å². The first-order chi connectivity index (χ1) is 13.7. The molecule has 4 rings (SSSR count). The monoisotopic (exact) mass is 381 g/mol. The fraction of sp³-hybridized carbons (Fsp3) is 0.368. The number of ether oxygens (including phenoxy) is 1. The molecule has 0 atom stereocenters. The lowest BCUT2D eigenvalue weighted by molar-refractivity contribution is -0.122. The van der Waals surface area contributed by atoms with Gasteiger partial charge in [-0.05, 0) is 29.8 Å². The van der Waals surface area contributed by atoms with Gasteiger partial charge in [-0.25, -0.2) is 0 Å². The number of nitrogens with zero attached hydrogens (tertiary/aromatic N) is 6. The van der Waals surface area contributed by atoms with E-state index < -0.39 is 0 Å². The van der Waals surface area contributed by atoms with Gasteiger partial charge in [0.2, 0.25) is 5.91 Å². The van der Waals surface area contributed by atoms with Crippen LogP contribution in [0.1, 0.15) is 5.56 Å². The zero-order valence-corrected chi connectivity index (χ0v) is 15.8. The fourth-order valence-corrected chi connectivity index (χ4v) is 3.23. The van der Waals surface area contributed by atoms with Crippen LogP contribution in [0.5, 0.6) is 5.75 Å². The lowest BCUT2D eigenvalue weighted by Gasteiger charge is -2.34. The smallest absolute Gasteiger partial charge is 0.234 e. The van der Waals surface area contributed by atoms with Crippen molar-refractivity contribution in [2.45, 2.75) is 6.54 Å². The number of carbonyl (C=O) groups excluding carboxylic acids is 1. The van der Waals surface area contributed by atoms with E-state index in [9.17, 15) is 4.79 Å². The number of carbonyl (C=O) groups is 1. The second-order valence-corrected chi connectivity index (χ2v) is 6.71. The third kappa shape index (κ3) is 4.20. The number of hydrogen-bond donors (Lipinski definition) is 1. The molecule has 1 aliphatic heterocycles. The van der Waals surface area contributed by atoms with E-state index in [1.807, 2.05) is 36.4 Å². The summed E-state index contributed by atoms with van der Waals surface area (Å²) in [7, 11) is 1.64. The molecule has 0 bridgehead atoms. The molecule has 9 nitrogen and oxygen atoms in total. The van der Waals surface area contributed by atoms with Crippen LogP contribution in [0.15, 0.2) is 42.7 Å². The number of amides is 1. The van der Waals surface area contributed by atoms with Gasteiger partial charge >= 0.3 is 0 Å². The van der Waals surface area contributed by atoms with Crippen LogP contribution < -0.4 is 15.0 Å². The Labute approximate surface area is 162 Å². The van der Waals surface area contributed by atoms with Crippen molar-refractivity contribution < 1.29 is 9.53 Å². The van der Waals surface area contributed by atoms with Crippen LogP contribution in [-0.4, -0.2) is 70.5 Å². The van der Waals surface area contributed by atoms with Crippen molar-refractivity contribution in [1.82, 2.24) is 30.0 Å². The molecule has 1 N–H and O–H groups in total. The van der Waals surface area contributed by atoms with Crippen LogP contribution in [0.4, 0.5) is 5.82 Å². The first-order valence-corrected chi connectivity index (χ1v) is 9.25. The molecule has 0 radical (unpaired) electrons. The molecule has 1 aromatic carbocycles. The number of methoxy groups -OCH3 is 1. The molecule has 2 aromatic heterocycles. The van der Waals surface area contributed by atoms with E-state index in [4.69, 9.17) is 4.74 Å². The summed E-state index contributed by atoms with van der Waals surface area (Å²) in [6, 6.07) is 11.6. The minimum atomic E-state index is 0.0355. The average molecular weight is 381 g/mol. The Balaban J connectivity index is 1.23. The minimum absolute atomic E-state index is 0.0355. The SMILES string of the molecule is COc1ccc(CNC(=O)CN2CCN(c3ccc4nncn4n3)CC2)cc1. The van der Waals surface area contributed by atoms with Gasteiger partial charge in [-0.2, -0.15) is 4.52 Å². The highest BCUT2D eigenvalue weighted by Crippen LogP contribution is 2.14. The Bertz CT molecular complexity index is 933. The Morgan fingerprint density at radius 2 is 1.89 bits per heavy atom. The standard InChI is InChI=1S/C19H23N7O2/c1-28-16-4-2-15(3-5-16)12-20-19(27)13-24-8-10-25(11-9-24)18-7-6-17-22-21-14-26(17)23-18/h2-7,14H,8-13H2,1H3,(H,20,27). The van der Waals surface area contributed by atoms with Gasteiger partial charge in [0.05, 0.1) is 13.7 Å². The summed E-state index contributed by atoms with van der Waals surface area (Å²) in [6.07, 6.45) is 1.60. The highest BCUT2D eigenvalue weighted by molar-refractivity contribution is 5.78. The molecule has 28 heavy (non-hydrogen) atoms. The van der Waals surface area contributed by atoms with Gasteiger partial charge in [0.25, 0.3) is 0 Å². The van der Waals surface area contributed by atoms with Gasteiger partial charge in [0.15, 0.2) is 5.65 Å². The van der Waals surface area contributed by atoms with E-state index in [2.05, 4.69) is 30.4 Å². The zero-order valence-electron chi connectivity index (χ0n) is 15.8. The summed E-state index contributed by atoms with van der Waals surface area (Å²) >= 11 is 0. The van der Waals surface area contributed by atoms with Crippen LogP contribution in [0.25, 0.3) is 5.65 Å². The van der Waals surface area contributed by atoms with Gasteiger partial charge in [0, 0.05) is 32.7 Å². The number of benzene rings is 1. The van der Waals surface area contributed by atoms with Gasteiger partial charge in [0.1, 0.15) is 17.9 Å². The minimum Gasteiger partial charge on any atom is -0.497 e. The van der Waals surface area contributed by atoms with Crippen LogP contribution in [0.3, 0.4) is 0 Å². The number of hydrogen-bond acceptors (Lipinski definition) is 7.